The van der Waals surface area contributed by atoms with Crippen LogP contribution in [0.3, 0.4) is 0 Å². The molecule has 0 aromatic heterocycles. The Kier molecular flexibility index (Phi) is 3.21. The summed E-state index contributed by atoms with van der Waals surface area (Å²) >= 11 is 0. The van der Waals surface area contributed by atoms with Gasteiger partial charge in [-0.25, -0.2) is 0 Å². The molecule has 0 bridgehead atoms. The quantitative estimate of drug-likeness (QED) is 0.800. The summed E-state index contributed by atoms with van der Waals surface area (Å²) in [5.74, 6) is -0.164. The number of rotatable bonds is 2. The second-order valence-corrected chi connectivity index (χ2v) is 4.72. The number of hydrogen-bond donors (Lipinski definition) is 1. The fourth-order valence-electron chi connectivity index (χ4n) is 2.58. The van der Waals surface area contributed by atoms with Crippen molar-refractivity contribution >= 4 is 17.6 Å². The van der Waals surface area contributed by atoms with Gasteiger partial charge in [0.25, 0.3) is 0 Å². The summed E-state index contributed by atoms with van der Waals surface area (Å²) in [5.41, 5.74) is 2.26. The molecule has 0 saturated carbocycles. The van der Waals surface area contributed by atoms with Crippen molar-refractivity contribution in [1.29, 1.82) is 0 Å². The van der Waals surface area contributed by atoms with Crippen molar-refractivity contribution in [3.05, 3.63) is 83.3 Å². The van der Waals surface area contributed by atoms with Crippen LogP contribution in [0.5, 0.6) is 0 Å². The fraction of sp³-hybridized carbons (Fsp3) is 0.0556. The van der Waals surface area contributed by atoms with Crippen LogP contribution in [0.4, 0.5) is 0 Å². The number of carbonyl (C=O) groups is 1. The van der Waals surface area contributed by atoms with Crippen molar-refractivity contribution in [1.82, 2.24) is 5.32 Å². The summed E-state index contributed by atoms with van der Waals surface area (Å²) in [5, 5.41) is 5.28. The number of carbonyl (C=O) groups excluding carboxylic acids is 1. The lowest BCUT2D eigenvalue weighted by molar-refractivity contribution is -0.116. The van der Waals surface area contributed by atoms with Gasteiger partial charge in [0.2, 0.25) is 5.91 Å². The van der Waals surface area contributed by atoms with Crippen molar-refractivity contribution in [2.24, 2.45) is 0 Å². The molecule has 1 atom stereocenters. The van der Waals surface area contributed by atoms with E-state index in [2.05, 4.69) is 42.3 Å². The van der Waals surface area contributed by atoms with Crippen molar-refractivity contribution in [2.45, 2.75) is 6.04 Å². The van der Waals surface area contributed by atoms with Gasteiger partial charge < -0.3 is 5.32 Å². The van der Waals surface area contributed by atoms with Crippen LogP contribution in [-0.2, 0) is 4.79 Å². The molecule has 0 aliphatic heterocycles. The smallest absolute Gasteiger partial charge is 0.244 e. The number of benzene rings is 1. The maximum atomic E-state index is 11.6. The van der Waals surface area contributed by atoms with E-state index in [1.165, 1.54) is 6.08 Å². The molecule has 2 aliphatic carbocycles. The van der Waals surface area contributed by atoms with Gasteiger partial charge in [-0.1, -0.05) is 67.3 Å². The average Bonchev–Trinajstić information content (AvgIpc) is 2.67. The third kappa shape index (κ3) is 2.16. The monoisotopic (exact) mass is 261 g/mol. The lowest BCUT2D eigenvalue weighted by Gasteiger charge is -2.22. The molecule has 0 radical (unpaired) electrons. The molecule has 20 heavy (non-hydrogen) atoms. The van der Waals surface area contributed by atoms with Crippen LogP contribution < -0.4 is 15.8 Å². The highest BCUT2D eigenvalue weighted by Crippen LogP contribution is 2.22. The molecular weight excluding hydrogens is 246 g/mol. The molecule has 1 aromatic rings. The lowest BCUT2D eigenvalue weighted by Crippen LogP contribution is -2.39. The Balaban J connectivity index is 2.23. The molecule has 0 heterocycles. The van der Waals surface area contributed by atoms with Crippen molar-refractivity contribution in [3.63, 3.8) is 0 Å². The second-order valence-electron chi connectivity index (χ2n) is 4.72. The van der Waals surface area contributed by atoms with Crippen LogP contribution in [0.15, 0.2) is 72.9 Å². The van der Waals surface area contributed by atoms with Gasteiger partial charge in [-0.2, -0.15) is 0 Å². The molecule has 1 aromatic carbocycles. The lowest BCUT2D eigenvalue weighted by atomic mass is 9.91. The highest BCUT2D eigenvalue weighted by molar-refractivity contribution is 5.90. The number of amides is 1. The zero-order valence-corrected chi connectivity index (χ0v) is 11.0. The van der Waals surface area contributed by atoms with Crippen LogP contribution in [0, 0.1) is 0 Å². The van der Waals surface area contributed by atoms with E-state index in [-0.39, 0.29) is 11.9 Å². The van der Waals surface area contributed by atoms with Crippen LogP contribution in [0.2, 0.25) is 0 Å². The summed E-state index contributed by atoms with van der Waals surface area (Å²) in [6, 6.07) is 8.09. The summed E-state index contributed by atoms with van der Waals surface area (Å²) in [6.45, 7) is 3.51. The molecule has 2 aliphatic rings. The Hall–Kier alpha value is -2.61. The maximum absolute atomic E-state index is 11.6. The maximum Gasteiger partial charge on any atom is 0.244 e. The predicted octanol–water partition coefficient (Wildman–Crippen LogP) is 1.35. The SMILES string of the molecule is C=CC(=O)NC1C=CC=C2C=CC=c3ccccc3=C21. The number of fused-ring (bicyclic) bond motifs is 2. The predicted molar refractivity (Wildman–Crippen MR) is 82.1 cm³/mol. The zero-order valence-electron chi connectivity index (χ0n) is 11.0. The first-order valence-electron chi connectivity index (χ1n) is 6.59. The Bertz CT molecular complexity index is 778. The molecule has 2 nitrogen and oxygen atoms in total. The van der Waals surface area contributed by atoms with E-state index in [1.807, 2.05) is 30.4 Å². The topological polar surface area (TPSA) is 29.1 Å². The Labute approximate surface area is 117 Å². The normalized spacial score (nSPS) is 19.1. The molecule has 1 N–H and O–H groups in total. The second kappa shape index (κ2) is 5.17. The number of hydrogen-bond acceptors (Lipinski definition) is 1. The number of nitrogens with one attached hydrogen (secondary N) is 1. The van der Waals surface area contributed by atoms with E-state index >= 15 is 0 Å². The minimum absolute atomic E-state index is 0.127. The highest BCUT2D eigenvalue weighted by Gasteiger charge is 2.19. The minimum Gasteiger partial charge on any atom is -0.342 e. The number of allylic oxidation sites excluding steroid dienone is 4. The standard InChI is InChI=1S/C18H15NO/c1-2-17(20)19-16-12-6-10-14-9-5-8-13-7-3-4-11-15(13)18(14)16/h2-12,16H,1H2,(H,19,20). The first kappa shape index (κ1) is 12.4. The van der Waals surface area contributed by atoms with E-state index in [4.69, 9.17) is 0 Å². The zero-order chi connectivity index (χ0) is 13.9. The fourth-order valence-corrected chi connectivity index (χ4v) is 2.58. The van der Waals surface area contributed by atoms with Gasteiger partial charge in [0, 0.05) is 0 Å². The first-order chi connectivity index (χ1) is 9.79. The molecule has 0 fully saturated rings. The molecule has 2 heteroatoms. The van der Waals surface area contributed by atoms with Crippen LogP contribution in [0.25, 0.3) is 11.6 Å². The van der Waals surface area contributed by atoms with E-state index in [0.29, 0.717) is 0 Å². The molecule has 0 saturated heterocycles. The van der Waals surface area contributed by atoms with Crippen molar-refractivity contribution in [2.75, 3.05) is 0 Å². The van der Waals surface area contributed by atoms with Gasteiger partial charge >= 0.3 is 0 Å². The summed E-state index contributed by atoms with van der Waals surface area (Å²) in [6.07, 6.45) is 13.6. The largest absolute Gasteiger partial charge is 0.342 e. The Morgan fingerprint density at radius 2 is 2.05 bits per heavy atom. The molecular formula is C18H15NO. The van der Waals surface area contributed by atoms with E-state index in [0.717, 1.165) is 21.6 Å². The van der Waals surface area contributed by atoms with Gasteiger partial charge in [0.05, 0.1) is 6.04 Å². The average molecular weight is 261 g/mol. The molecule has 3 rings (SSSR count). The van der Waals surface area contributed by atoms with Crippen molar-refractivity contribution < 1.29 is 4.79 Å². The Morgan fingerprint density at radius 1 is 1.20 bits per heavy atom. The van der Waals surface area contributed by atoms with Crippen LogP contribution in [0.1, 0.15) is 0 Å². The van der Waals surface area contributed by atoms with Gasteiger partial charge in [-0.3, -0.25) is 4.79 Å². The summed E-state index contributed by atoms with van der Waals surface area (Å²) in [7, 11) is 0. The first-order valence-corrected chi connectivity index (χ1v) is 6.59. The summed E-state index contributed by atoms with van der Waals surface area (Å²) < 4.78 is 0. The van der Waals surface area contributed by atoms with Crippen molar-refractivity contribution in [3.8, 4) is 0 Å². The third-order valence-electron chi connectivity index (χ3n) is 3.49. The van der Waals surface area contributed by atoms with Crippen LogP contribution in [-0.4, -0.2) is 11.9 Å². The molecule has 1 unspecified atom stereocenters. The highest BCUT2D eigenvalue weighted by atomic mass is 16.1. The summed E-state index contributed by atoms with van der Waals surface area (Å²) in [4.78, 5) is 11.6. The minimum atomic E-state index is -0.164. The third-order valence-corrected chi connectivity index (χ3v) is 3.49. The van der Waals surface area contributed by atoms with E-state index in [9.17, 15) is 4.79 Å². The van der Waals surface area contributed by atoms with Gasteiger partial charge in [0.15, 0.2) is 0 Å². The molecule has 0 spiro atoms. The van der Waals surface area contributed by atoms with E-state index in [1.54, 1.807) is 0 Å². The van der Waals surface area contributed by atoms with Gasteiger partial charge in [0.1, 0.15) is 0 Å². The Morgan fingerprint density at radius 3 is 2.90 bits per heavy atom. The molecule has 98 valence electrons. The van der Waals surface area contributed by atoms with E-state index < -0.39 is 0 Å². The van der Waals surface area contributed by atoms with Gasteiger partial charge in [-0.05, 0) is 27.7 Å². The van der Waals surface area contributed by atoms with Crippen LogP contribution >= 0.6 is 0 Å². The molecule has 1 amide bonds. The van der Waals surface area contributed by atoms with Gasteiger partial charge in [-0.15, -0.1) is 0 Å².